The van der Waals surface area contributed by atoms with E-state index in [0.29, 0.717) is 19.1 Å². The van der Waals surface area contributed by atoms with Gasteiger partial charge in [0.15, 0.2) is 0 Å². The molecular weight excluding hydrogens is 254 g/mol. The van der Waals surface area contributed by atoms with Gasteiger partial charge in [0.2, 0.25) is 5.91 Å². The summed E-state index contributed by atoms with van der Waals surface area (Å²) in [7, 11) is 0. The predicted molar refractivity (Wildman–Crippen MR) is 79.3 cm³/mol. The van der Waals surface area contributed by atoms with Gasteiger partial charge in [0.05, 0.1) is 13.2 Å². The first-order valence-corrected chi connectivity index (χ1v) is 7.99. The van der Waals surface area contributed by atoms with Crippen LogP contribution in [-0.2, 0) is 4.79 Å². The van der Waals surface area contributed by atoms with Crippen LogP contribution in [0.2, 0.25) is 0 Å². The molecular formula is C15H29N3O2. The number of hydrogen-bond donors (Lipinski definition) is 3. The summed E-state index contributed by atoms with van der Waals surface area (Å²) < 4.78 is 0. The zero-order valence-electron chi connectivity index (χ0n) is 12.4. The Labute approximate surface area is 121 Å². The van der Waals surface area contributed by atoms with Gasteiger partial charge in [-0.1, -0.05) is 19.3 Å². The number of likely N-dealkylation sites (tertiary alicyclic amines) is 1. The van der Waals surface area contributed by atoms with Gasteiger partial charge >= 0.3 is 0 Å². The van der Waals surface area contributed by atoms with Gasteiger partial charge in [-0.3, -0.25) is 9.69 Å². The minimum atomic E-state index is -0.0713. The molecule has 0 atom stereocenters. The number of nitrogens with zero attached hydrogens (tertiary/aromatic N) is 1. The molecule has 0 radical (unpaired) electrons. The maximum absolute atomic E-state index is 12.0. The number of piperidine rings is 1. The normalized spacial score (nSPS) is 24.5. The van der Waals surface area contributed by atoms with E-state index in [1.54, 1.807) is 0 Å². The summed E-state index contributed by atoms with van der Waals surface area (Å²) in [6.45, 7) is 3.11. The second-order valence-corrected chi connectivity index (χ2v) is 6.61. The molecule has 5 nitrogen and oxygen atoms in total. The highest BCUT2D eigenvalue weighted by Gasteiger charge is 2.31. The molecule has 1 aliphatic heterocycles. The number of carbonyl (C=O) groups is 1. The highest BCUT2D eigenvalue weighted by molar-refractivity contribution is 5.78. The average Bonchev–Trinajstić information content (AvgIpc) is 2.49. The molecule has 5 heteroatoms. The second-order valence-electron chi connectivity index (χ2n) is 6.61. The first-order chi connectivity index (χ1) is 9.63. The third-order valence-electron chi connectivity index (χ3n) is 4.91. The Bertz CT molecular complexity index is 308. The number of carbonyl (C=O) groups excluding carboxylic acids is 1. The zero-order valence-corrected chi connectivity index (χ0v) is 12.4. The SMILES string of the molecule is NC1CCN(CC(=O)NCC2(CO)CCCCC2)CC1. The molecule has 1 heterocycles. The van der Waals surface area contributed by atoms with E-state index in [0.717, 1.165) is 38.8 Å². The molecule has 0 aromatic rings. The molecule has 1 amide bonds. The average molecular weight is 283 g/mol. The summed E-state index contributed by atoms with van der Waals surface area (Å²) >= 11 is 0. The van der Waals surface area contributed by atoms with Crippen molar-refractivity contribution in [3.63, 3.8) is 0 Å². The molecule has 1 saturated carbocycles. The zero-order chi connectivity index (χ0) is 14.4. The fourth-order valence-corrected chi connectivity index (χ4v) is 3.35. The van der Waals surface area contributed by atoms with Crippen molar-refractivity contribution in [2.75, 3.05) is 32.8 Å². The van der Waals surface area contributed by atoms with Crippen LogP contribution in [0.3, 0.4) is 0 Å². The van der Waals surface area contributed by atoms with Gasteiger partial charge in [-0.05, 0) is 25.7 Å². The van der Waals surface area contributed by atoms with E-state index in [1.165, 1.54) is 19.3 Å². The van der Waals surface area contributed by atoms with Gasteiger partial charge in [0, 0.05) is 31.1 Å². The van der Waals surface area contributed by atoms with E-state index in [4.69, 9.17) is 5.73 Å². The maximum atomic E-state index is 12.0. The van der Waals surface area contributed by atoms with Crippen molar-refractivity contribution in [2.24, 2.45) is 11.1 Å². The Kier molecular flexibility index (Phi) is 5.81. The molecule has 2 fully saturated rings. The second kappa shape index (κ2) is 7.38. The summed E-state index contributed by atoms with van der Waals surface area (Å²) in [5, 5.41) is 12.7. The van der Waals surface area contributed by atoms with Gasteiger partial charge in [-0.25, -0.2) is 0 Å². The fraction of sp³-hybridized carbons (Fsp3) is 0.933. The lowest BCUT2D eigenvalue weighted by Crippen LogP contribution is -2.47. The number of nitrogens with one attached hydrogen (secondary N) is 1. The molecule has 0 aromatic carbocycles. The quantitative estimate of drug-likeness (QED) is 0.685. The van der Waals surface area contributed by atoms with Crippen LogP contribution in [0, 0.1) is 5.41 Å². The van der Waals surface area contributed by atoms with E-state index >= 15 is 0 Å². The molecule has 116 valence electrons. The highest BCUT2D eigenvalue weighted by Crippen LogP contribution is 2.35. The fourth-order valence-electron chi connectivity index (χ4n) is 3.35. The van der Waals surface area contributed by atoms with E-state index < -0.39 is 0 Å². The number of nitrogens with two attached hydrogens (primary N) is 1. The van der Waals surface area contributed by atoms with Gasteiger partial charge in [-0.15, -0.1) is 0 Å². The van der Waals surface area contributed by atoms with Crippen molar-refractivity contribution in [2.45, 2.75) is 51.0 Å². The van der Waals surface area contributed by atoms with Gasteiger partial charge in [0.1, 0.15) is 0 Å². The molecule has 0 unspecified atom stereocenters. The Balaban J connectivity index is 1.71. The van der Waals surface area contributed by atoms with Gasteiger partial charge < -0.3 is 16.2 Å². The number of amides is 1. The van der Waals surface area contributed by atoms with Crippen LogP contribution in [0.25, 0.3) is 0 Å². The van der Waals surface area contributed by atoms with Crippen molar-refractivity contribution in [1.82, 2.24) is 10.2 Å². The van der Waals surface area contributed by atoms with Crippen LogP contribution < -0.4 is 11.1 Å². The lowest BCUT2D eigenvalue weighted by Gasteiger charge is -2.36. The number of aliphatic hydroxyl groups is 1. The molecule has 0 bridgehead atoms. The molecule has 4 N–H and O–H groups in total. The predicted octanol–water partition coefficient (Wildman–Crippen LogP) is 0.468. The summed E-state index contributed by atoms with van der Waals surface area (Å²) in [4.78, 5) is 14.2. The van der Waals surface area contributed by atoms with Crippen molar-refractivity contribution in [3.8, 4) is 0 Å². The van der Waals surface area contributed by atoms with Crippen LogP contribution in [0.4, 0.5) is 0 Å². The molecule has 1 aliphatic carbocycles. The minimum Gasteiger partial charge on any atom is -0.396 e. The van der Waals surface area contributed by atoms with Crippen molar-refractivity contribution < 1.29 is 9.90 Å². The van der Waals surface area contributed by atoms with Gasteiger partial charge in [0.25, 0.3) is 0 Å². The first kappa shape index (κ1) is 15.7. The topological polar surface area (TPSA) is 78.6 Å². The summed E-state index contributed by atoms with van der Waals surface area (Å²) in [6, 6.07) is 0.300. The summed E-state index contributed by atoms with van der Waals surface area (Å²) in [5.41, 5.74) is 5.79. The van der Waals surface area contributed by atoms with Crippen LogP contribution in [0.5, 0.6) is 0 Å². The van der Waals surface area contributed by atoms with Crippen LogP contribution >= 0.6 is 0 Å². The smallest absolute Gasteiger partial charge is 0.234 e. The van der Waals surface area contributed by atoms with E-state index in [1.807, 2.05) is 0 Å². The number of rotatable bonds is 5. The number of hydrogen-bond acceptors (Lipinski definition) is 4. The first-order valence-electron chi connectivity index (χ1n) is 7.99. The Morgan fingerprint density at radius 1 is 1.25 bits per heavy atom. The molecule has 2 aliphatic rings. The molecule has 1 saturated heterocycles. The maximum Gasteiger partial charge on any atom is 0.234 e. The Morgan fingerprint density at radius 2 is 1.90 bits per heavy atom. The monoisotopic (exact) mass is 283 g/mol. The number of aliphatic hydroxyl groups excluding tert-OH is 1. The van der Waals surface area contributed by atoms with Crippen LogP contribution in [0.15, 0.2) is 0 Å². The lowest BCUT2D eigenvalue weighted by atomic mass is 9.74. The van der Waals surface area contributed by atoms with Crippen molar-refractivity contribution in [3.05, 3.63) is 0 Å². The third kappa shape index (κ3) is 4.43. The Hall–Kier alpha value is -0.650. The largest absolute Gasteiger partial charge is 0.396 e. The molecule has 0 aromatic heterocycles. The molecule has 0 spiro atoms. The van der Waals surface area contributed by atoms with E-state index in [2.05, 4.69) is 10.2 Å². The third-order valence-corrected chi connectivity index (χ3v) is 4.91. The lowest BCUT2D eigenvalue weighted by molar-refractivity contribution is -0.123. The van der Waals surface area contributed by atoms with Crippen LogP contribution in [0.1, 0.15) is 44.9 Å². The highest BCUT2D eigenvalue weighted by atomic mass is 16.3. The summed E-state index contributed by atoms with van der Waals surface area (Å²) in [6.07, 6.45) is 7.61. The Morgan fingerprint density at radius 3 is 2.50 bits per heavy atom. The molecule has 20 heavy (non-hydrogen) atoms. The van der Waals surface area contributed by atoms with Crippen molar-refractivity contribution in [1.29, 1.82) is 0 Å². The molecule has 2 rings (SSSR count). The van der Waals surface area contributed by atoms with Gasteiger partial charge in [-0.2, -0.15) is 0 Å². The van der Waals surface area contributed by atoms with E-state index in [9.17, 15) is 9.90 Å². The summed E-state index contributed by atoms with van der Waals surface area (Å²) in [5.74, 6) is 0.0823. The standard InChI is InChI=1S/C15H29N3O2/c16-13-4-8-18(9-5-13)10-14(20)17-11-15(12-19)6-2-1-3-7-15/h13,19H,1-12,16H2,(H,17,20). The minimum absolute atomic E-state index is 0.0713. The van der Waals surface area contributed by atoms with Crippen LogP contribution in [-0.4, -0.2) is 54.7 Å². The van der Waals surface area contributed by atoms with Crippen molar-refractivity contribution >= 4 is 5.91 Å². The van der Waals surface area contributed by atoms with E-state index in [-0.39, 0.29) is 17.9 Å².